The number of hydrogen-bond acceptors (Lipinski definition) is 8. The summed E-state index contributed by atoms with van der Waals surface area (Å²) >= 11 is 0. The predicted molar refractivity (Wildman–Crippen MR) is 181 cm³/mol. The second-order valence-electron chi connectivity index (χ2n) is 10.7. The topological polar surface area (TPSA) is 123 Å². The Kier molecular flexibility index (Phi) is 10.7. The molecular weight excluding hydrogens is 582 g/mol. The van der Waals surface area contributed by atoms with E-state index in [1.165, 1.54) is 6.08 Å². The number of methoxy groups -OCH3 is 1. The maximum atomic E-state index is 13.1. The highest BCUT2D eigenvalue weighted by atomic mass is 16.5. The van der Waals surface area contributed by atoms with Gasteiger partial charge in [-0.05, 0) is 74.8 Å². The van der Waals surface area contributed by atoms with Gasteiger partial charge in [0.05, 0.1) is 12.1 Å². The molecule has 0 bridgehead atoms. The molecule has 0 radical (unpaired) electrons. The van der Waals surface area contributed by atoms with Gasteiger partial charge < -0.3 is 34.9 Å². The van der Waals surface area contributed by atoms with E-state index < -0.39 is 0 Å². The fourth-order valence-corrected chi connectivity index (χ4v) is 4.69. The summed E-state index contributed by atoms with van der Waals surface area (Å²) in [6, 6.07) is 23.9. The van der Waals surface area contributed by atoms with E-state index in [1.807, 2.05) is 72.2 Å². The first kappa shape index (κ1) is 31.9. The van der Waals surface area contributed by atoms with Crippen LogP contribution in [-0.2, 0) is 9.53 Å². The molecule has 11 heteroatoms. The van der Waals surface area contributed by atoms with Crippen LogP contribution in [-0.4, -0.2) is 72.2 Å². The number of hydrogen-bond donors (Lipinski definition) is 3. The minimum Gasteiger partial charge on any atom is -0.493 e. The van der Waals surface area contributed by atoms with Crippen LogP contribution in [0.2, 0.25) is 0 Å². The summed E-state index contributed by atoms with van der Waals surface area (Å²) in [5.41, 5.74) is 3.18. The lowest BCUT2D eigenvalue weighted by Gasteiger charge is -2.11. The summed E-state index contributed by atoms with van der Waals surface area (Å²) < 4.78 is 13.1. The molecule has 0 atom stereocenters. The number of carbonyl (C=O) groups is 2. The zero-order valence-electron chi connectivity index (χ0n) is 26.1. The first-order valence-corrected chi connectivity index (χ1v) is 14.9. The van der Waals surface area contributed by atoms with E-state index in [0.29, 0.717) is 54.2 Å². The Labute approximate surface area is 267 Å². The first-order valence-electron chi connectivity index (χ1n) is 14.9. The number of rotatable bonds is 14. The van der Waals surface area contributed by atoms with Gasteiger partial charge in [0.2, 0.25) is 11.9 Å². The van der Waals surface area contributed by atoms with Gasteiger partial charge in [-0.15, -0.1) is 0 Å². The van der Waals surface area contributed by atoms with Crippen molar-refractivity contribution >= 4 is 45.7 Å². The van der Waals surface area contributed by atoms with E-state index in [0.717, 1.165) is 23.1 Å². The standard InChI is InChI=1S/C35H37N7O4/c1-41(2)19-7-15-33(43)37-26-10-4-9-25(23-26)34(44)38-27-11-5-12-28(24-27)39-35-36-18-16-32(40-35)42-20-17-29-30(42)13-6-14-31(29)46-22-8-21-45-3/h4-7,9-18,20,23-24H,8,19,21-22H2,1-3H3,(H,37,43)(H,38,44)(H,36,39,40)/b15-7+. The zero-order valence-corrected chi connectivity index (χ0v) is 26.1. The van der Waals surface area contributed by atoms with Crippen molar-refractivity contribution in [3.8, 4) is 11.6 Å². The highest BCUT2D eigenvalue weighted by Crippen LogP contribution is 2.29. The Morgan fingerprint density at radius 3 is 2.52 bits per heavy atom. The van der Waals surface area contributed by atoms with Crippen LogP contribution in [0, 0.1) is 0 Å². The number of carbonyl (C=O) groups excluding carboxylic acids is 2. The SMILES string of the molecule is COCCCOc1cccc2c1ccn2-c1ccnc(Nc2cccc(NC(=O)c3cccc(NC(=O)/C=C/CN(C)C)c3)c2)n1. The molecule has 2 amide bonds. The highest BCUT2D eigenvalue weighted by molar-refractivity contribution is 6.06. The van der Waals surface area contributed by atoms with Crippen molar-refractivity contribution in [2.75, 3.05) is 56.9 Å². The van der Waals surface area contributed by atoms with Crippen LogP contribution in [0.1, 0.15) is 16.8 Å². The number of nitrogens with zero attached hydrogens (tertiary/aromatic N) is 4. The molecule has 0 aliphatic rings. The van der Waals surface area contributed by atoms with Crippen molar-refractivity contribution in [1.29, 1.82) is 0 Å². The van der Waals surface area contributed by atoms with Crippen LogP contribution in [0.3, 0.4) is 0 Å². The molecule has 0 aliphatic heterocycles. The third kappa shape index (κ3) is 8.56. The summed E-state index contributed by atoms with van der Waals surface area (Å²) in [6.07, 6.45) is 7.70. The van der Waals surface area contributed by atoms with Crippen molar-refractivity contribution in [1.82, 2.24) is 19.4 Å². The largest absolute Gasteiger partial charge is 0.493 e. The molecule has 46 heavy (non-hydrogen) atoms. The van der Waals surface area contributed by atoms with E-state index in [1.54, 1.807) is 55.8 Å². The Morgan fingerprint density at radius 2 is 1.70 bits per heavy atom. The lowest BCUT2D eigenvalue weighted by atomic mass is 10.1. The molecule has 236 valence electrons. The molecule has 11 nitrogen and oxygen atoms in total. The van der Waals surface area contributed by atoms with Crippen LogP contribution >= 0.6 is 0 Å². The van der Waals surface area contributed by atoms with E-state index in [9.17, 15) is 9.59 Å². The number of aromatic nitrogens is 3. The molecular formula is C35H37N7O4. The molecule has 0 aliphatic carbocycles. The van der Waals surface area contributed by atoms with Crippen molar-refractivity contribution in [2.45, 2.75) is 6.42 Å². The van der Waals surface area contributed by atoms with Gasteiger partial charge in [-0.2, -0.15) is 4.98 Å². The molecule has 0 spiro atoms. The Morgan fingerprint density at radius 1 is 0.913 bits per heavy atom. The molecule has 0 unspecified atom stereocenters. The molecule has 2 heterocycles. The van der Waals surface area contributed by atoms with Crippen LogP contribution in [0.15, 0.2) is 103 Å². The fourth-order valence-electron chi connectivity index (χ4n) is 4.69. The minimum atomic E-state index is -0.309. The molecule has 5 rings (SSSR count). The van der Waals surface area contributed by atoms with Crippen molar-refractivity contribution in [3.63, 3.8) is 0 Å². The van der Waals surface area contributed by atoms with Crippen molar-refractivity contribution in [2.24, 2.45) is 0 Å². The maximum absolute atomic E-state index is 13.1. The second-order valence-corrected chi connectivity index (χ2v) is 10.7. The second kappa shape index (κ2) is 15.5. The van der Waals surface area contributed by atoms with E-state index in [4.69, 9.17) is 14.5 Å². The van der Waals surface area contributed by atoms with Crippen LogP contribution < -0.4 is 20.7 Å². The Bertz CT molecular complexity index is 1830. The van der Waals surface area contributed by atoms with Crippen molar-refractivity contribution < 1.29 is 19.1 Å². The Balaban J connectivity index is 1.24. The van der Waals surface area contributed by atoms with E-state index >= 15 is 0 Å². The van der Waals surface area contributed by atoms with Gasteiger partial charge in [0.15, 0.2) is 0 Å². The lowest BCUT2D eigenvalue weighted by molar-refractivity contribution is -0.111. The van der Waals surface area contributed by atoms with Gasteiger partial charge in [0, 0.05) is 73.2 Å². The van der Waals surface area contributed by atoms with Gasteiger partial charge in [0.25, 0.3) is 5.91 Å². The summed E-state index contributed by atoms with van der Waals surface area (Å²) in [4.78, 5) is 36.4. The van der Waals surface area contributed by atoms with Crippen molar-refractivity contribution in [3.05, 3.63) is 109 Å². The summed E-state index contributed by atoms with van der Waals surface area (Å²) in [6.45, 7) is 1.87. The van der Waals surface area contributed by atoms with Crippen LogP contribution in [0.5, 0.6) is 5.75 Å². The third-order valence-corrected chi connectivity index (χ3v) is 6.84. The first-order chi connectivity index (χ1) is 22.4. The summed E-state index contributed by atoms with van der Waals surface area (Å²) in [5, 5.41) is 9.93. The van der Waals surface area contributed by atoms with Gasteiger partial charge in [-0.3, -0.25) is 9.59 Å². The molecule has 5 aromatic rings. The minimum absolute atomic E-state index is 0.262. The van der Waals surface area contributed by atoms with Crippen LogP contribution in [0.25, 0.3) is 16.7 Å². The molecule has 0 saturated carbocycles. The Hall–Kier alpha value is -5.52. The number of fused-ring (bicyclic) bond motifs is 1. The number of likely N-dealkylation sites (N-methyl/N-ethyl adjacent to an activating group) is 1. The normalized spacial score (nSPS) is 11.2. The summed E-state index contributed by atoms with van der Waals surface area (Å²) in [7, 11) is 5.53. The summed E-state index contributed by atoms with van der Waals surface area (Å²) in [5.74, 6) is 1.33. The quantitative estimate of drug-likeness (QED) is 0.104. The molecule has 3 N–H and O–H groups in total. The monoisotopic (exact) mass is 619 g/mol. The molecule has 0 saturated heterocycles. The predicted octanol–water partition coefficient (Wildman–Crippen LogP) is 5.89. The number of nitrogens with one attached hydrogen (secondary N) is 3. The van der Waals surface area contributed by atoms with E-state index in [-0.39, 0.29) is 11.8 Å². The average molecular weight is 620 g/mol. The number of amides is 2. The molecule has 2 aromatic heterocycles. The highest BCUT2D eigenvalue weighted by Gasteiger charge is 2.12. The zero-order chi connectivity index (χ0) is 32.3. The number of ether oxygens (including phenoxy) is 2. The van der Waals surface area contributed by atoms with E-state index in [2.05, 4.69) is 20.9 Å². The average Bonchev–Trinajstić information content (AvgIpc) is 3.48. The maximum Gasteiger partial charge on any atom is 0.255 e. The van der Waals surface area contributed by atoms with Crippen LogP contribution in [0.4, 0.5) is 23.0 Å². The smallest absolute Gasteiger partial charge is 0.255 e. The molecule has 0 fully saturated rings. The molecule has 3 aromatic carbocycles. The van der Waals surface area contributed by atoms with Gasteiger partial charge >= 0.3 is 0 Å². The number of anilines is 4. The van der Waals surface area contributed by atoms with Gasteiger partial charge in [0.1, 0.15) is 11.6 Å². The van der Waals surface area contributed by atoms with Gasteiger partial charge in [-0.1, -0.05) is 24.3 Å². The lowest BCUT2D eigenvalue weighted by Crippen LogP contribution is -2.14. The third-order valence-electron chi connectivity index (χ3n) is 6.84. The number of benzene rings is 3. The van der Waals surface area contributed by atoms with Gasteiger partial charge in [-0.25, -0.2) is 4.98 Å². The fraction of sp³-hybridized carbons (Fsp3) is 0.200.